The van der Waals surface area contributed by atoms with Crippen molar-refractivity contribution in [2.24, 2.45) is 7.05 Å². The summed E-state index contributed by atoms with van der Waals surface area (Å²) in [6.45, 7) is 3.01. The van der Waals surface area contributed by atoms with Gasteiger partial charge in [-0.25, -0.2) is 0 Å². The van der Waals surface area contributed by atoms with Crippen molar-refractivity contribution in [1.29, 1.82) is 0 Å². The van der Waals surface area contributed by atoms with Crippen LogP contribution in [0.5, 0.6) is 11.5 Å². The summed E-state index contributed by atoms with van der Waals surface area (Å²) < 4.78 is 13.6. The van der Waals surface area contributed by atoms with E-state index in [9.17, 15) is 4.79 Å². The maximum absolute atomic E-state index is 11.8. The number of nitrogens with one attached hydrogen (secondary N) is 1. The lowest BCUT2D eigenvalue weighted by Gasteiger charge is -2.33. The molecule has 0 saturated heterocycles. The quantitative estimate of drug-likeness (QED) is 0.896. The molecular weight excluding hydrogens is 282 g/mol. The Morgan fingerprint density at radius 3 is 3.00 bits per heavy atom. The molecule has 0 fully saturated rings. The minimum absolute atomic E-state index is 0.0208. The van der Waals surface area contributed by atoms with E-state index in [0.717, 1.165) is 48.8 Å². The number of ether oxygens (including phenoxy) is 2. The van der Waals surface area contributed by atoms with Crippen LogP contribution in [0.3, 0.4) is 0 Å². The fraction of sp³-hybridized carbons (Fsp3) is 0.438. The molecule has 0 spiro atoms. The summed E-state index contributed by atoms with van der Waals surface area (Å²) in [6, 6.07) is 7.76. The molecule has 3 heterocycles. The van der Waals surface area contributed by atoms with Crippen molar-refractivity contribution in [2.75, 3.05) is 19.7 Å². The average Bonchev–Trinajstić information content (AvgIpc) is 2.82. The number of fused-ring (bicyclic) bond motifs is 2. The van der Waals surface area contributed by atoms with Crippen molar-refractivity contribution in [3.63, 3.8) is 0 Å². The molecule has 1 unspecified atom stereocenters. The van der Waals surface area contributed by atoms with Crippen LogP contribution in [0, 0.1) is 0 Å². The SMILES string of the molecule is Cn1[nH]c(=O)c2c1CN(CC1COc3ccccc3O1)CC2. The third-order valence-corrected chi connectivity index (χ3v) is 4.38. The van der Waals surface area contributed by atoms with Crippen LogP contribution in [0.1, 0.15) is 11.3 Å². The van der Waals surface area contributed by atoms with Gasteiger partial charge in [0.25, 0.3) is 5.56 Å². The summed E-state index contributed by atoms with van der Waals surface area (Å²) in [5, 5.41) is 2.83. The topological polar surface area (TPSA) is 59.5 Å². The second kappa shape index (κ2) is 5.21. The van der Waals surface area contributed by atoms with E-state index < -0.39 is 0 Å². The molecule has 0 bridgehead atoms. The summed E-state index contributed by atoms with van der Waals surface area (Å²) in [7, 11) is 1.89. The number of para-hydroxylation sites is 2. The number of H-pyrrole nitrogens is 1. The molecule has 2 aliphatic heterocycles. The van der Waals surface area contributed by atoms with Gasteiger partial charge in [0.15, 0.2) is 11.5 Å². The van der Waals surface area contributed by atoms with Crippen LogP contribution in [-0.2, 0) is 20.0 Å². The van der Waals surface area contributed by atoms with E-state index in [0.29, 0.717) is 6.61 Å². The first kappa shape index (κ1) is 13.5. The fourth-order valence-electron chi connectivity index (χ4n) is 3.24. The van der Waals surface area contributed by atoms with Crippen LogP contribution >= 0.6 is 0 Å². The zero-order valence-corrected chi connectivity index (χ0v) is 12.5. The Labute approximate surface area is 128 Å². The van der Waals surface area contributed by atoms with Gasteiger partial charge in [0.2, 0.25) is 0 Å². The Balaban J connectivity index is 1.45. The molecule has 0 aliphatic carbocycles. The highest BCUT2D eigenvalue weighted by molar-refractivity contribution is 5.40. The lowest BCUT2D eigenvalue weighted by Crippen LogP contribution is -2.43. The van der Waals surface area contributed by atoms with Crippen LogP contribution in [0.4, 0.5) is 0 Å². The largest absolute Gasteiger partial charge is 0.486 e. The average molecular weight is 301 g/mol. The lowest BCUT2D eigenvalue weighted by atomic mass is 10.1. The maximum atomic E-state index is 11.8. The predicted octanol–water partition coefficient (Wildman–Crippen LogP) is 0.911. The minimum atomic E-state index is 0.0208. The molecule has 2 aliphatic rings. The first-order valence-corrected chi connectivity index (χ1v) is 7.58. The zero-order valence-electron chi connectivity index (χ0n) is 12.5. The van der Waals surface area contributed by atoms with Crippen molar-refractivity contribution in [2.45, 2.75) is 19.1 Å². The monoisotopic (exact) mass is 301 g/mol. The van der Waals surface area contributed by atoms with Gasteiger partial charge >= 0.3 is 0 Å². The summed E-state index contributed by atoms with van der Waals surface area (Å²) in [6.07, 6.45) is 0.808. The van der Waals surface area contributed by atoms with Crippen LogP contribution in [0.2, 0.25) is 0 Å². The fourth-order valence-corrected chi connectivity index (χ4v) is 3.24. The van der Waals surface area contributed by atoms with Crippen molar-refractivity contribution in [1.82, 2.24) is 14.7 Å². The number of aromatic amines is 1. The zero-order chi connectivity index (χ0) is 15.1. The molecule has 6 nitrogen and oxygen atoms in total. The van der Waals surface area contributed by atoms with Crippen molar-refractivity contribution < 1.29 is 9.47 Å². The van der Waals surface area contributed by atoms with Gasteiger partial charge in [-0.15, -0.1) is 0 Å². The van der Waals surface area contributed by atoms with Gasteiger partial charge in [-0.3, -0.25) is 19.5 Å². The Morgan fingerprint density at radius 2 is 2.14 bits per heavy atom. The molecule has 2 aromatic rings. The summed E-state index contributed by atoms with van der Waals surface area (Å²) in [5.74, 6) is 1.62. The van der Waals surface area contributed by atoms with Crippen LogP contribution in [0.15, 0.2) is 29.1 Å². The first-order chi connectivity index (χ1) is 10.7. The van der Waals surface area contributed by atoms with Gasteiger partial charge in [-0.2, -0.15) is 0 Å². The summed E-state index contributed by atoms with van der Waals surface area (Å²) in [4.78, 5) is 14.1. The molecule has 116 valence electrons. The van der Waals surface area contributed by atoms with E-state index in [4.69, 9.17) is 9.47 Å². The highest BCUT2D eigenvalue weighted by atomic mass is 16.6. The third kappa shape index (κ3) is 2.29. The van der Waals surface area contributed by atoms with Crippen LogP contribution < -0.4 is 15.0 Å². The van der Waals surface area contributed by atoms with Gasteiger partial charge in [0, 0.05) is 32.2 Å². The number of hydrogen-bond donors (Lipinski definition) is 1. The van der Waals surface area contributed by atoms with Crippen molar-refractivity contribution in [3.8, 4) is 11.5 Å². The Bertz CT molecular complexity index is 749. The van der Waals surface area contributed by atoms with Crippen LogP contribution in [0.25, 0.3) is 0 Å². The van der Waals surface area contributed by atoms with Crippen molar-refractivity contribution >= 4 is 0 Å². The first-order valence-electron chi connectivity index (χ1n) is 7.58. The normalized spacial score (nSPS) is 20.7. The third-order valence-electron chi connectivity index (χ3n) is 4.38. The molecular formula is C16H19N3O3. The number of hydrogen-bond acceptors (Lipinski definition) is 4. The molecule has 1 aromatic carbocycles. The number of nitrogens with zero attached hydrogens (tertiary/aromatic N) is 2. The smallest absolute Gasteiger partial charge is 0.267 e. The molecule has 6 heteroatoms. The van der Waals surface area contributed by atoms with E-state index in [1.54, 1.807) is 0 Å². The van der Waals surface area contributed by atoms with E-state index in [1.807, 2.05) is 36.0 Å². The molecule has 1 N–H and O–H groups in total. The lowest BCUT2D eigenvalue weighted by molar-refractivity contribution is 0.0541. The Morgan fingerprint density at radius 1 is 1.32 bits per heavy atom. The van der Waals surface area contributed by atoms with E-state index in [1.165, 1.54) is 0 Å². The maximum Gasteiger partial charge on any atom is 0.267 e. The van der Waals surface area contributed by atoms with Gasteiger partial charge in [-0.05, 0) is 18.6 Å². The highest BCUT2D eigenvalue weighted by Gasteiger charge is 2.27. The molecule has 4 rings (SSSR count). The predicted molar refractivity (Wildman–Crippen MR) is 81.4 cm³/mol. The Kier molecular flexibility index (Phi) is 3.18. The molecule has 0 radical (unpaired) electrons. The second-order valence-electron chi connectivity index (χ2n) is 5.91. The van der Waals surface area contributed by atoms with E-state index in [-0.39, 0.29) is 11.7 Å². The van der Waals surface area contributed by atoms with Gasteiger partial charge in [0.1, 0.15) is 12.7 Å². The van der Waals surface area contributed by atoms with Crippen LogP contribution in [-0.4, -0.2) is 40.5 Å². The van der Waals surface area contributed by atoms with Gasteiger partial charge in [-0.1, -0.05) is 12.1 Å². The molecule has 0 amide bonds. The van der Waals surface area contributed by atoms with Crippen molar-refractivity contribution in [3.05, 3.63) is 45.9 Å². The number of benzene rings is 1. The standard InChI is InChI=1S/C16H19N3O3/c1-18-13-9-19(7-6-12(13)16(20)17-18)8-11-10-21-14-4-2-3-5-15(14)22-11/h2-5,11H,6-10H2,1H3,(H,17,20). The second-order valence-corrected chi connectivity index (χ2v) is 5.91. The molecule has 0 saturated carbocycles. The summed E-state index contributed by atoms with van der Waals surface area (Å²) >= 11 is 0. The van der Waals surface area contributed by atoms with E-state index in [2.05, 4.69) is 10.00 Å². The van der Waals surface area contributed by atoms with Gasteiger partial charge < -0.3 is 9.47 Å². The summed E-state index contributed by atoms with van der Waals surface area (Å²) in [5.41, 5.74) is 2.04. The van der Waals surface area contributed by atoms with Gasteiger partial charge in [0.05, 0.1) is 5.69 Å². The number of aryl methyl sites for hydroxylation is 1. The molecule has 22 heavy (non-hydrogen) atoms. The number of rotatable bonds is 2. The number of aromatic nitrogens is 2. The molecule has 1 atom stereocenters. The molecule has 1 aromatic heterocycles. The Hall–Kier alpha value is -2.21. The highest BCUT2D eigenvalue weighted by Crippen LogP contribution is 2.31. The minimum Gasteiger partial charge on any atom is -0.486 e. The van der Waals surface area contributed by atoms with E-state index >= 15 is 0 Å².